The van der Waals surface area contributed by atoms with E-state index in [4.69, 9.17) is 4.74 Å². The summed E-state index contributed by atoms with van der Waals surface area (Å²) >= 11 is 0. The minimum atomic E-state index is -0.671. The second-order valence-corrected chi connectivity index (χ2v) is 8.47. The molecule has 0 amide bonds. The van der Waals surface area contributed by atoms with E-state index in [-0.39, 0.29) is 5.92 Å². The van der Waals surface area contributed by atoms with Crippen molar-refractivity contribution in [2.45, 2.75) is 110 Å². The quantitative estimate of drug-likeness (QED) is 0.239. The number of carboxylic acid groups (broad SMARTS) is 1. The number of methoxy groups -OCH3 is 1. The lowest BCUT2D eigenvalue weighted by Crippen LogP contribution is -2.16. The Labute approximate surface area is 179 Å². The van der Waals surface area contributed by atoms with Gasteiger partial charge in [0.05, 0.1) is 13.0 Å². The van der Waals surface area contributed by atoms with Gasteiger partial charge in [-0.2, -0.15) is 0 Å². The van der Waals surface area contributed by atoms with Crippen molar-refractivity contribution in [2.75, 3.05) is 7.11 Å². The molecule has 0 spiro atoms. The van der Waals surface area contributed by atoms with E-state index >= 15 is 0 Å². The molecule has 0 aliphatic rings. The molecule has 0 aromatic heterocycles. The van der Waals surface area contributed by atoms with Gasteiger partial charge in [0, 0.05) is 0 Å². The van der Waals surface area contributed by atoms with E-state index in [0.29, 0.717) is 6.42 Å². The maximum Gasteiger partial charge on any atom is 0.306 e. The van der Waals surface area contributed by atoms with Crippen LogP contribution in [0.1, 0.15) is 109 Å². The van der Waals surface area contributed by atoms with Crippen LogP contribution < -0.4 is 4.74 Å². The third kappa shape index (κ3) is 13.4. The minimum absolute atomic E-state index is 0.277. The van der Waals surface area contributed by atoms with Crippen molar-refractivity contribution in [1.29, 1.82) is 0 Å². The van der Waals surface area contributed by atoms with Crippen molar-refractivity contribution in [3.63, 3.8) is 0 Å². The SMILES string of the molecule is CCCCCCCCCCCCCCCCC(Cc1ccc(OC)cc1)C(=O)O. The summed E-state index contributed by atoms with van der Waals surface area (Å²) in [6.07, 6.45) is 20.0. The number of benzene rings is 1. The van der Waals surface area contributed by atoms with Crippen molar-refractivity contribution in [3.05, 3.63) is 29.8 Å². The second kappa shape index (κ2) is 17.4. The van der Waals surface area contributed by atoms with Crippen molar-refractivity contribution in [2.24, 2.45) is 5.92 Å². The second-order valence-electron chi connectivity index (χ2n) is 8.47. The van der Waals surface area contributed by atoms with Crippen LogP contribution >= 0.6 is 0 Å². The molecule has 0 bridgehead atoms. The summed E-state index contributed by atoms with van der Waals surface area (Å²) in [5.74, 6) is -0.135. The molecule has 1 rings (SSSR count). The Hall–Kier alpha value is -1.51. The third-order valence-electron chi connectivity index (χ3n) is 5.90. The third-order valence-corrected chi connectivity index (χ3v) is 5.90. The van der Waals surface area contributed by atoms with Crippen LogP contribution in [0.5, 0.6) is 5.75 Å². The minimum Gasteiger partial charge on any atom is -0.497 e. The lowest BCUT2D eigenvalue weighted by molar-refractivity contribution is -0.142. The number of aliphatic carboxylic acids is 1. The summed E-state index contributed by atoms with van der Waals surface area (Å²) in [5.41, 5.74) is 1.07. The fourth-order valence-corrected chi connectivity index (χ4v) is 3.94. The van der Waals surface area contributed by atoms with E-state index in [1.54, 1.807) is 7.11 Å². The topological polar surface area (TPSA) is 46.5 Å². The Balaban J connectivity index is 2.00. The monoisotopic (exact) mass is 404 g/mol. The van der Waals surface area contributed by atoms with Gasteiger partial charge in [0.1, 0.15) is 5.75 Å². The number of carboxylic acids is 1. The Bertz CT molecular complexity index is 509. The predicted molar refractivity (Wildman–Crippen MR) is 123 cm³/mol. The number of unbranched alkanes of at least 4 members (excludes halogenated alkanes) is 13. The molecule has 0 saturated heterocycles. The number of ether oxygens (including phenoxy) is 1. The molecule has 3 nitrogen and oxygen atoms in total. The molecule has 1 atom stereocenters. The van der Waals surface area contributed by atoms with Crippen LogP contribution in [0.15, 0.2) is 24.3 Å². The van der Waals surface area contributed by atoms with Gasteiger partial charge in [0.15, 0.2) is 0 Å². The standard InChI is InChI=1S/C26H44O3/c1-3-4-5-6-7-8-9-10-11-12-13-14-15-16-17-24(26(27)28)22-23-18-20-25(29-2)21-19-23/h18-21,24H,3-17,22H2,1-2H3,(H,27,28). The fraction of sp³-hybridized carbons (Fsp3) is 0.731. The van der Waals surface area contributed by atoms with Crippen LogP contribution in [0.4, 0.5) is 0 Å². The molecule has 0 heterocycles. The maximum atomic E-state index is 11.6. The Morgan fingerprint density at radius 1 is 0.793 bits per heavy atom. The van der Waals surface area contributed by atoms with Gasteiger partial charge in [-0.05, 0) is 30.5 Å². The zero-order valence-electron chi connectivity index (χ0n) is 19.0. The summed E-state index contributed by atoms with van der Waals surface area (Å²) in [6, 6.07) is 7.75. The molecule has 0 aliphatic heterocycles. The average Bonchev–Trinajstić information content (AvgIpc) is 2.73. The molecule has 0 aliphatic carbocycles. The van der Waals surface area contributed by atoms with E-state index in [1.165, 1.54) is 77.0 Å². The van der Waals surface area contributed by atoms with Crippen LogP contribution in [0.3, 0.4) is 0 Å². The normalized spacial score (nSPS) is 12.1. The average molecular weight is 405 g/mol. The first-order chi connectivity index (χ1) is 14.2. The lowest BCUT2D eigenvalue weighted by Gasteiger charge is -2.12. The zero-order chi connectivity index (χ0) is 21.2. The number of hydrogen-bond donors (Lipinski definition) is 1. The van der Waals surface area contributed by atoms with Crippen LogP contribution in [0, 0.1) is 5.92 Å². The van der Waals surface area contributed by atoms with Crippen LogP contribution in [-0.2, 0) is 11.2 Å². The number of carbonyl (C=O) groups is 1. The molecule has 166 valence electrons. The number of hydrogen-bond acceptors (Lipinski definition) is 2. The van der Waals surface area contributed by atoms with Gasteiger partial charge in [-0.3, -0.25) is 4.79 Å². The van der Waals surface area contributed by atoms with Crippen molar-refractivity contribution in [3.8, 4) is 5.75 Å². The molecule has 0 radical (unpaired) electrons. The van der Waals surface area contributed by atoms with Crippen molar-refractivity contribution < 1.29 is 14.6 Å². The molecule has 0 saturated carbocycles. The molecular formula is C26H44O3. The largest absolute Gasteiger partial charge is 0.497 e. The molecule has 1 aromatic carbocycles. The highest BCUT2D eigenvalue weighted by Gasteiger charge is 2.17. The van der Waals surface area contributed by atoms with Crippen LogP contribution in [0.2, 0.25) is 0 Å². The van der Waals surface area contributed by atoms with Crippen molar-refractivity contribution in [1.82, 2.24) is 0 Å². The predicted octanol–water partition coefficient (Wildman–Crippen LogP) is 7.81. The molecule has 1 unspecified atom stereocenters. The fourth-order valence-electron chi connectivity index (χ4n) is 3.94. The molecule has 29 heavy (non-hydrogen) atoms. The molecular weight excluding hydrogens is 360 g/mol. The van der Waals surface area contributed by atoms with E-state index in [2.05, 4.69) is 6.92 Å². The van der Waals surface area contributed by atoms with E-state index < -0.39 is 5.97 Å². The smallest absolute Gasteiger partial charge is 0.306 e. The van der Waals surface area contributed by atoms with Gasteiger partial charge in [-0.15, -0.1) is 0 Å². The molecule has 3 heteroatoms. The van der Waals surface area contributed by atoms with Crippen LogP contribution in [-0.4, -0.2) is 18.2 Å². The van der Waals surface area contributed by atoms with Gasteiger partial charge in [0.25, 0.3) is 0 Å². The van der Waals surface area contributed by atoms with Gasteiger partial charge in [-0.1, -0.05) is 109 Å². The molecule has 1 N–H and O–H groups in total. The first-order valence-corrected chi connectivity index (χ1v) is 12.0. The lowest BCUT2D eigenvalue weighted by atomic mass is 9.93. The zero-order valence-corrected chi connectivity index (χ0v) is 19.0. The summed E-state index contributed by atoms with van der Waals surface area (Å²) in [7, 11) is 1.64. The number of rotatable bonds is 19. The highest BCUT2D eigenvalue weighted by Crippen LogP contribution is 2.20. The Morgan fingerprint density at radius 3 is 1.66 bits per heavy atom. The van der Waals surface area contributed by atoms with Crippen LogP contribution in [0.25, 0.3) is 0 Å². The van der Waals surface area contributed by atoms with E-state index in [1.807, 2.05) is 24.3 Å². The summed E-state index contributed by atoms with van der Waals surface area (Å²) in [4.78, 5) is 11.6. The molecule has 0 fully saturated rings. The first kappa shape index (κ1) is 25.5. The highest BCUT2D eigenvalue weighted by molar-refractivity contribution is 5.70. The van der Waals surface area contributed by atoms with E-state index in [9.17, 15) is 9.90 Å². The maximum absolute atomic E-state index is 11.6. The van der Waals surface area contributed by atoms with Gasteiger partial charge in [-0.25, -0.2) is 0 Å². The summed E-state index contributed by atoms with van der Waals surface area (Å²) in [5, 5.41) is 9.51. The Morgan fingerprint density at radius 2 is 1.24 bits per heavy atom. The highest BCUT2D eigenvalue weighted by atomic mass is 16.5. The van der Waals surface area contributed by atoms with E-state index in [0.717, 1.165) is 30.6 Å². The summed E-state index contributed by atoms with van der Waals surface area (Å²) < 4.78 is 5.16. The first-order valence-electron chi connectivity index (χ1n) is 12.0. The Kier molecular flexibility index (Phi) is 15.3. The molecule has 1 aromatic rings. The van der Waals surface area contributed by atoms with Crippen molar-refractivity contribution >= 4 is 5.97 Å². The van der Waals surface area contributed by atoms with Gasteiger partial charge >= 0.3 is 5.97 Å². The van der Waals surface area contributed by atoms with Gasteiger partial charge in [0.2, 0.25) is 0 Å². The van der Waals surface area contributed by atoms with Gasteiger partial charge < -0.3 is 9.84 Å². The summed E-state index contributed by atoms with van der Waals surface area (Å²) in [6.45, 7) is 2.27.